The van der Waals surface area contributed by atoms with E-state index in [1.165, 1.54) is 11.1 Å². The van der Waals surface area contributed by atoms with Crippen LogP contribution < -0.4 is 5.32 Å². The van der Waals surface area contributed by atoms with E-state index in [0.717, 1.165) is 5.56 Å². The second kappa shape index (κ2) is 12.5. The highest BCUT2D eigenvalue weighted by molar-refractivity contribution is 6.30. The highest BCUT2D eigenvalue weighted by Crippen LogP contribution is 2.37. The van der Waals surface area contributed by atoms with Gasteiger partial charge in [0.2, 0.25) is 0 Å². The van der Waals surface area contributed by atoms with Gasteiger partial charge < -0.3 is 10.2 Å². The van der Waals surface area contributed by atoms with Crippen LogP contribution in [0.5, 0.6) is 0 Å². The summed E-state index contributed by atoms with van der Waals surface area (Å²) < 4.78 is 81.1. The number of amides is 2. The number of para-hydroxylation sites is 1. The molecule has 5 rings (SSSR count). The number of hydrogen-bond donors (Lipinski definition) is 1. The average molecular weight is 634 g/mol. The SMILES string of the molecule is O=C(N[C@H]1CCN(C(=O)c2cc(C(F)(F)F)cc(C(F)(F)F)c2)[C@H](CCc2ccc(Cl)cc2)C1)c1ccnc2ccccc12. The quantitative estimate of drug-likeness (QED) is 0.219. The van der Waals surface area contributed by atoms with Crippen LogP contribution in [0.25, 0.3) is 10.9 Å². The van der Waals surface area contributed by atoms with Gasteiger partial charge in [0.25, 0.3) is 11.8 Å². The first-order chi connectivity index (χ1) is 20.8. The number of likely N-dealkylation sites (tertiary alicyclic amines) is 1. The summed E-state index contributed by atoms with van der Waals surface area (Å²) in [5.41, 5.74) is -1.87. The molecule has 0 unspecified atom stereocenters. The fraction of sp³-hybridized carbons (Fsp3) is 0.281. The first-order valence-corrected chi connectivity index (χ1v) is 14.2. The van der Waals surface area contributed by atoms with Gasteiger partial charge in [-0.15, -0.1) is 0 Å². The zero-order valence-corrected chi connectivity index (χ0v) is 23.8. The molecular weight excluding hydrogens is 608 g/mol. The first kappa shape index (κ1) is 31.3. The first-order valence-electron chi connectivity index (χ1n) is 13.8. The summed E-state index contributed by atoms with van der Waals surface area (Å²) in [6.07, 6.45) is -7.34. The highest BCUT2D eigenvalue weighted by atomic mass is 35.5. The molecule has 44 heavy (non-hydrogen) atoms. The molecule has 3 aromatic carbocycles. The van der Waals surface area contributed by atoms with E-state index in [2.05, 4.69) is 10.3 Å². The summed E-state index contributed by atoms with van der Waals surface area (Å²) in [6.45, 7) is 0.0176. The van der Waals surface area contributed by atoms with Crippen LogP contribution in [0.15, 0.2) is 79.0 Å². The van der Waals surface area contributed by atoms with Gasteiger partial charge >= 0.3 is 12.4 Å². The Morgan fingerprint density at radius 3 is 2.23 bits per heavy atom. The van der Waals surface area contributed by atoms with Crippen molar-refractivity contribution >= 4 is 34.3 Å². The number of pyridine rings is 1. The number of aryl methyl sites for hydroxylation is 1. The highest BCUT2D eigenvalue weighted by Gasteiger charge is 2.39. The van der Waals surface area contributed by atoms with Gasteiger partial charge in [-0.2, -0.15) is 26.3 Å². The largest absolute Gasteiger partial charge is 0.416 e. The topological polar surface area (TPSA) is 62.3 Å². The molecule has 5 nitrogen and oxygen atoms in total. The van der Waals surface area contributed by atoms with Crippen LogP contribution in [-0.2, 0) is 18.8 Å². The predicted molar refractivity (Wildman–Crippen MR) is 153 cm³/mol. The van der Waals surface area contributed by atoms with Gasteiger partial charge in [-0.3, -0.25) is 14.6 Å². The summed E-state index contributed by atoms with van der Waals surface area (Å²) in [7, 11) is 0. The Bertz CT molecular complexity index is 1640. The van der Waals surface area contributed by atoms with E-state index in [9.17, 15) is 35.9 Å². The third kappa shape index (κ3) is 7.15. The Morgan fingerprint density at radius 1 is 0.909 bits per heavy atom. The van der Waals surface area contributed by atoms with E-state index in [4.69, 9.17) is 11.6 Å². The van der Waals surface area contributed by atoms with Crippen molar-refractivity contribution in [2.45, 2.75) is 50.1 Å². The lowest BCUT2D eigenvalue weighted by atomic mass is 9.91. The number of alkyl halides is 6. The Labute approximate surface area is 253 Å². The number of carbonyl (C=O) groups excluding carboxylic acids is 2. The lowest BCUT2D eigenvalue weighted by Gasteiger charge is -2.40. The minimum atomic E-state index is -5.08. The second-order valence-corrected chi connectivity index (χ2v) is 11.1. The summed E-state index contributed by atoms with van der Waals surface area (Å²) in [6, 6.07) is 15.7. The summed E-state index contributed by atoms with van der Waals surface area (Å²) in [5.74, 6) is -1.29. The number of piperidine rings is 1. The van der Waals surface area contributed by atoms with Crippen LogP contribution >= 0.6 is 11.6 Å². The van der Waals surface area contributed by atoms with Crippen molar-refractivity contribution in [1.29, 1.82) is 0 Å². The van der Waals surface area contributed by atoms with Crippen LogP contribution in [0.1, 0.15) is 56.7 Å². The maximum absolute atomic E-state index is 13.6. The molecule has 0 radical (unpaired) electrons. The number of carbonyl (C=O) groups is 2. The third-order valence-electron chi connectivity index (χ3n) is 7.72. The average Bonchev–Trinajstić information content (AvgIpc) is 2.99. The van der Waals surface area contributed by atoms with E-state index in [0.29, 0.717) is 46.5 Å². The Morgan fingerprint density at radius 2 is 1.57 bits per heavy atom. The van der Waals surface area contributed by atoms with Gasteiger partial charge in [0.1, 0.15) is 0 Å². The van der Waals surface area contributed by atoms with E-state index in [1.807, 2.05) is 0 Å². The smallest absolute Gasteiger partial charge is 0.349 e. The number of nitrogens with zero attached hydrogens (tertiary/aromatic N) is 2. The normalized spacial score (nSPS) is 17.5. The zero-order chi connectivity index (χ0) is 31.6. The number of rotatable bonds is 6. The number of benzene rings is 3. The molecule has 0 saturated carbocycles. The molecular formula is C32H26ClF6N3O2. The predicted octanol–water partition coefficient (Wildman–Crippen LogP) is 7.96. The van der Waals surface area contributed by atoms with Crippen LogP contribution in [0, 0.1) is 0 Å². The van der Waals surface area contributed by atoms with Crippen LogP contribution in [0.4, 0.5) is 26.3 Å². The molecule has 1 N–H and O–H groups in total. The van der Waals surface area contributed by atoms with E-state index in [1.54, 1.807) is 54.6 Å². The molecule has 1 aliphatic heterocycles. The Balaban J connectivity index is 1.41. The van der Waals surface area contributed by atoms with Crippen molar-refractivity contribution in [2.75, 3.05) is 6.54 Å². The standard InChI is InChI=1S/C32H26ClF6N3O2/c33-23-8-5-19(6-9-23)7-10-25-18-24(41-29(43)27-11-13-40-28-4-2-1-3-26(27)28)12-14-42(25)30(44)20-15-21(31(34,35)36)17-22(16-20)32(37,38)39/h1-6,8-9,11,13,15-17,24-25H,7,10,12,14,18H2,(H,41,43)/t24-,25+/m0/s1. The van der Waals surface area contributed by atoms with Crippen molar-refractivity contribution in [1.82, 2.24) is 15.2 Å². The van der Waals surface area contributed by atoms with Crippen molar-refractivity contribution in [3.8, 4) is 0 Å². The molecule has 1 aromatic heterocycles. The van der Waals surface area contributed by atoms with Gasteiger partial charge in [-0.1, -0.05) is 41.9 Å². The monoisotopic (exact) mass is 633 g/mol. The van der Waals surface area contributed by atoms with Crippen molar-refractivity contribution in [2.24, 2.45) is 0 Å². The van der Waals surface area contributed by atoms with Crippen molar-refractivity contribution in [3.63, 3.8) is 0 Å². The summed E-state index contributed by atoms with van der Waals surface area (Å²) in [4.78, 5) is 32.5. The number of aromatic nitrogens is 1. The molecule has 0 bridgehead atoms. The van der Waals surface area contributed by atoms with Gasteiger partial charge in [0.05, 0.1) is 22.2 Å². The lowest BCUT2D eigenvalue weighted by molar-refractivity contribution is -0.143. The maximum atomic E-state index is 13.6. The molecule has 0 aliphatic carbocycles. The van der Waals surface area contributed by atoms with Gasteiger partial charge in [0.15, 0.2) is 0 Å². The van der Waals surface area contributed by atoms with Crippen LogP contribution in [0.2, 0.25) is 5.02 Å². The molecule has 2 heterocycles. The Kier molecular flexibility index (Phi) is 8.88. The van der Waals surface area contributed by atoms with Crippen molar-refractivity contribution < 1.29 is 35.9 Å². The van der Waals surface area contributed by atoms with E-state index in [-0.39, 0.29) is 31.4 Å². The molecule has 12 heteroatoms. The second-order valence-electron chi connectivity index (χ2n) is 10.7. The van der Waals surface area contributed by atoms with Crippen LogP contribution in [-0.4, -0.2) is 40.3 Å². The van der Waals surface area contributed by atoms with Crippen molar-refractivity contribution in [3.05, 3.63) is 112 Å². The van der Waals surface area contributed by atoms with E-state index >= 15 is 0 Å². The molecule has 1 fully saturated rings. The number of fused-ring (bicyclic) bond motifs is 1. The van der Waals surface area contributed by atoms with Gasteiger partial charge in [-0.05, 0) is 73.7 Å². The minimum absolute atomic E-state index is 0.000628. The fourth-order valence-electron chi connectivity index (χ4n) is 5.51. The lowest BCUT2D eigenvalue weighted by Crippen LogP contribution is -2.52. The van der Waals surface area contributed by atoms with Crippen LogP contribution in [0.3, 0.4) is 0 Å². The third-order valence-corrected chi connectivity index (χ3v) is 7.97. The summed E-state index contributed by atoms with van der Waals surface area (Å²) in [5, 5.41) is 4.18. The van der Waals surface area contributed by atoms with Gasteiger partial charge in [0, 0.05) is 40.8 Å². The molecule has 2 amide bonds. The number of hydrogen-bond acceptors (Lipinski definition) is 3. The fourth-order valence-corrected chi connectivity index (χ4v) is 5.63. The number of nitrogens with one attached hydrogen (secondary N) is 1. The maximum Gasteiger partial charge on any atom is 0.416 e. The number of halogens is 7. The molecule has 4 aromatic rings. The van der Waals surface area contributed by atoms with Gasteiger partial charge in [-0.25, -0.2) is 0 Å². The molecule has 2 atom stereocenters. The minimum Gasteiger partial charge on any atom is -0.349 e. The molecule has 1 saturated heterocycles. The molecule has 1 aliphatic rings. The van der Waals surface area contributed by atoms with E-state index < -0.39 is 47.0 Å². The molecule has 0 spiro atoms. The zero-order valence-electron chi connectivity index (χ0n) is 23.1. The Hall–Kier alpha value is -4.12. The molecule has 230 valence electrons. The summed E-state index contributed by atoms with van der Waals surface area (Å²) >= 11 is 5.98.